The number of nitrogens with two attached hydrogens (primary N) is 1. The summed E-state index contributed by atoms with van der Waals surface area (Å²) >= 11 is 1.78. The number of nitrogens with zero attached hydrogens (tertiary/aromatic N) is 1. The zero-order valence-corrected chi connectivity index (χ0v) is 8.01. The van der Waals surface area contributed by atoms with E-state index in [4.69, 9.17) is 10.3 Å². The van der Waals surface area contributed by atoms with Crippen LogP contribution in [0.2, 0.25) is 0 Å². The van der Waals surface area contributed by atoms with Crippen molar-refractivity contribution in [2.24, 2.45) is 5.73 Å². The second kappa shape index (κ2) is 5.22. The summed E-state index contributed by atoms with van der Waals surface area (Å²) in [7, 11) is 0. The molecular formula is C8H14N2OS. The third kappa shape index (κ3) is 3.28. The quantitative estimate of drug-likeness (QED) is 0.759. The van der Waals surface area contributed by atoms with Crippen LogP contribution in [-0.4, -0.2) is 17.0 Å². The predicted octanol–water partition coefficient (Wildman–Crippen LogP) is 1.65. The van der Waals surface area contributed by atoms with Crippen LogP contribution in [0, 0.1) is 0 Å². The minimum absolute atomic E-state index is 0.304. The first-order valence-corrected chi connectivity index (χ1v) is 5.21. The highest BCUT2D eigenvalue weighted by molar-refractivity contribution is 7.98. The van der Waals surface area contributed by atoms with E-state index < -0.39 is 0 Å². The van der Waals surface area contributed by atoms with Crippen LogP contribution >= 0.6 is 11.8 Å². The first kappa shape index (κ1) is 9.61. The summed E-state index contributed by atoms with van der Waals surface area (Å²) in [6, 6.07) is 2.18. The fourth-order valence-electron chi connectivity index (χ4n) is 0.745. The highest BCUT2D eigenvalue weighted by atomic mass is 32.2. The van der Waals surface area contributed by atoms with E-state index in [0.717, 1.165) is 23.7 Å². The number of hydrogen-bond donors (Lipinski definition) is 1. The molecule has 0 aliphatic rings. The Bertz CT molecular complexity index is 201. The molecule has 4 heteroatoms. The highest BCUT2D eigenvalue weighted by Crippen LogP contribution is 2.12. The Kier molecular flexibility index (Phi) is 4.18. The fourth-order valence-corrected chi connectivity index (χ4v) is 1.75. The maximum Gasteiger partial charge on any atom is 0.146 e. The lowest BCUT2D eigenvalue weighted by Gasteiger charge is -2.05. The molecule has 12 heavy (non-hydrogen) atoms. The molecule has 0 aliphatic carbocycles. The van der Waals surface area contributed by atoms with Crippen LogP contribution in [0.4, 0.5) is 0 Å². The highest BCUT2D eigenvalue weighted by Gasteiger charge is 2.01. The summed E-state index contributed by atoms with van der Waals surface area (Å²) in [4.78, 5) is 0. The van der Waals surface area contributed by atoms with Gasteiger partial charge in [0, 0.05) is 17.9 Å². The maximum absolute atomic E-state index is 5.75. The van der Waals surface area contributed by atoms with Gasteiger partial charge in [-0.05, 0) is 6.42 Å². The number of hydrogen-bond acceptors (Lipinski definition) is 4. The molecule has 0 saturated carbocycles. The third-order valence-electron chi connectivity index (χ3n) is 1.59. The summed E-state index contributed by atoms with van der Waals surface area (Å²) in [5.74, 6) is 2.77. The molecule has 0 radical (unpaired) electrons. The number of thioether (sulfide) groups is 1. The van der Waals surface area contributed by atoms with E-state index in [1.807, 2.05) is 6.07 Å². The Morgan fingerprint density at radius 2 is 2.58 bits per heavy atom. The Morgan fingerprint density at radius 1 is 1.75 bits per heavy atom. The molecular weight excluding hydrogens is 172 g/mol. The Labute approximate surface area is 76.7 Å². The normalized spacial score (nSPS) is 13.2. The van der Waals surface area contributed by atoms with Gasteiger partial charge < -0.3 is 10.3 Å². The smallest absolute Gasteiger partial charge is 0.146 e. The molecule has 0 aromatic carbocycles. The van der Waals surface area contributed by atoms with Crippen LogP contribution in [0.15, 0.2) is 16.8 Å². The Morgan fingerprint density at radius 3 is 3.17 bits per heavy atom. The number of aromatic nitrogens is 1. The molecule has 1 heterocycles. The van der Waals surface area contributed by atoms with Gasteiger partial charge in [0.25, 0.3) is 0 Å². The molecule has 0 spiro atoms. The van der Waals surface area contributed by atoms with Crippen LogP contribution in [0.25, 0.3) is 0 Å². The first-order chi connectivity index (χ1) is 5.83. The van der Waals surface area contributed by atoms with Crippen molar-refractivity contribution in [3.63, 3.8) is 0 Å². The van der Waals surface area contributed by atoms with E-state index in [-0.39, 0.29) is 0 Å². The van der Waals surface area contributed by atoms with Crippen molar-refractivity contribution in [2.75, 3.05) is 5.75 Å². The van der Waals surface area contributed by atoms with E-state index in [2.05, 4.69) is 12.1 Å². The maximum atomic E-state index is 5.75. The monoisotopic (exact) mass is 186 g/mol. The van der Waals surface area contributed by atoms with Crippen LogP contribution < -0.4 is 5.73 Å². The van der Waals surface area contributed by atoms with Crippen LogP contribution in [-0.2, 0) is 5.75 Å². The molecule has 0 amide bonds. The van der Waals surface area contributed by atoms with Crippen molar-refractivity contribution in [2.45, 2.75) is 25.1 Å². The van der Waals surface area contributed by atoms with Gasteiger partial charge in [0.05, 0.1) is 11.9 Å². The minimum atomic E-state index is 0.304. The molecule has 68 valence electrons. The summed E-state index contributed by atoms with van der Waals surface area (Å²) in [6.45, 7) is 2.10. The van der Waals surface area contributed by atoms with Gasteiger partial charge >= 0.3 is 0 Å². The molecule has 1 aromatic heterocycles. The molecule has 0 saturated heterocycles. The zero-order valence-electron chi connectivity index (χ0n) is 7.19. The van der Waals surface area contributed by atoms with E-state index in [1.54, 1.807) is 18.0 Å². The first-order valence-electron chi connectivity index (χ1n) is 4.05. The Balaban J connectivity index is 2.11. The average molecular weight is 186 g/mol. The van der Waals surface area contributed by atoms with Crippen LogP contribution in [0.1, 0.15) is 19.1 Å². The molecule has 0 bridgehead atoms. The van der Waals surface area contributed by atoms with Gasteiger partial charge in [0.2, 0.25) is 0 Å². The molecule has 3 nitrogen and oxygen atoms in total. The van der Waals surface area contributed by atoms with Crippen LogP contribution in [0.3, 0.4) is 0 Å². The predicted molar refractivity (Wildman–Crippen MR) is 50.9 cm³/mol. The van der Waals surface area contributed by atoms with E-state index in [9.17, 15) is 0 Å². The van der Waals surface area contributed by atoms with E-state index in [0.29, 0.717) is 6.04 Å². The molecule has 1 unspecified atom stereocenters. The topological polar surface area (TPSA) is 52.0 Å². The molecule has 1 atom stereocenters. The molecule has 2 N–H and O–H groups in total. The van der Waals surface area contributed by atoms with Gasteiger partial charge in [-0.3, -0.25) is 0 Å². The van der Waals surface area contributed by atoms with Crippen molar-refractivity contribution in [3.05, 3.63) is 18.0 Å². The summed E-state index contributed by atoms with van der Waals surface area (Å²) in [6.07, 6.45) is 2.69. The molecule has 1 rings (SSSR count). The van der Waals surface area contributed by atoms with Crippen molar-refractivity contribution in [1.82, 2.24) is 5.16 Å². The van der Waals surface area contributed by atoms with Gasteiger partial charge in [-0.2, -0.15) is 11.8 Å². The van der Waals surface area contributed by atoms with Gasteiger partial charge in [-0.1, -0.05) is 12.1 Å². The van der Waals surface area contributed by atoms with Crippen molar-refractivity contribution in [3.8, 4) is 0 Å². The van der Waals surface area contributed by atoms with Gasteiger partial charge in [-0.15, -0.1) is 0 Å². The standard InChI is InChI=1S/C8H14N2OS/c1-2-7(9)5-12-6-8-3-4-10-11-8/h3-4,7H,2,5-6,9H2,1H3. The molecule has 0 aliphatic heterocycles. The second-order valence-corrected chi connectivity index (χ2v) is 3.69. The largest absolute Gasteiger partial charge is 0.361 e. The molecule has 1 aromatic rings. The summed E-state index contributed by atoms with van der Waals surface area (Å²) < 4.78 is 4.94. The fraction of sp³-hybridized carbons (Fsp3) is 0.625. The lowest BCUT2D eigenvalue weighted by atomic mass is 10.3. The Hall–Kier alpha value is -0.480. The second-order valence-electron chi connectivity index (χ2n) is 2.66. The molecule has 0 fully saturated rings. The average Bonchev–Trinajstić information content (AvgIpc) is 2.57. The number of rotatable bonds is 5. The van der Waals surface area contributed by atoms with Gasteiger partial charge in [0.15, 0.2) is 0 Å². The van der Waals surface area contributed by atoms with E-state index >= 15 is 0 Å². The summed E-state index contributed by atoms with van der Waals surface area (Å²) in [5, 5.41) is 3.62. The SMILES string of the molecule is CCC(N)CSCc1ccno1. The van der Waals surface area contributed by atoms with Crippen molar-refractivity contribution in [1.29, 1.82) is 0 Å². The lowest BCUT2D eigenvalue weighted by molar-refractivity contribution is 0.395. The van der Waals surface area contributed by atoms with Crippen molar-refractivity contribution >= 4 is 11.8 Å². The van der Waals surface area contributed by atoms with Crippen LogP contribution in [0.5, 0.6) is 0 Å². The third-order valence-corrected chi connectivity index (χ3v) is 2.74. The zero-order chi connectivity index (χ0) is 8.81. The summed E-state index contributed by atoms with van der Waals surface area (Å²) in [5.41, 5.74) is 5.75. The van der Waals surface area contributed by atoms with Gasteiger partial charge in [-0.25, -0.2) is 0 Å². The van der Waals surface area contributed by atoms with Crippen molar-refractivity contribution < 1.29 is 4.52 Å². The minimum Gasteiger partial charge on any atom is -0.361 e. The van der Waals surface area contributed by atoms with Gasteiger partial charge in [0.1, 0.15) is 5.76 Å². The lowest BCUT2D eigenvalue weighted by Crippen LogP contribution is -2.21. The van der Waals surface area contributed by atoms with E-state index in [1.165, 1.54) is 0 Å².